The minimum absolute atomic E-state index is 0.0624. The Bertz CT molecular complexity index is 366. The predicted molar refractivity (Wildman–Crippen MR) is 71.0 cm³/mol. The van der Waals surface area contributed by atoms with Gasteiger partial charge in [0.1, 0.15) is 0 Å². The van der Waals surface area contributed by atoms with Gasteiger partial charge in [-0.3, -0.25) is 9.79 Å². The van der Waals surface area contributed by atoms with Crippen molar-refractivity contribution in [2.24, 2.45) is 22.7 Å². The quantitative estimate of drug-likeness (QED) is 0.820. The smallest absolute Gasteiger partial charge is 0.239 e. The van der Waals surface area contributed by atoms with Gasteiger partial charge in [-0.05, 0) is 37.0 Å². The summed E-state index contributed by atoms with van der Waals surface area (Å²) in [5.74, 6) is 2.24. The molecule has 2 bridgehead atoms. The number of nitrogens with one attached hydrogen (secondary N) is 1. The number of fused-ring (bicyclic) bond motifs is 2. The van der Waals surface area contributed by atoms with Gasteiger partial charge in [-0.1, -0.05) is 32.0 Å². The van der Waals surface area contributed by atoms with Gasteiger partial charge in [-0.25, -0.2) is 0 Å². The van der Waals surface area contributed by atoms with E-state index in [0.29, 0.717) is 12.0 Å². The Morgan fingerprint density at radius 3 is 2.71 bits per heavy atom. The third kappa shape index (κ3) is 2.12. The van der Waals surface area contributed by atoms with Crippen LogP contribution in [0, 0.1) is 17.8 Å². The van der Waals surface area contributed by atoms with Crippen molar-refractivity contribution in [2.45, 2.75) is 50.8 Å². The average Bonchev–Trinajstić information content (AvgIpc) is 2.93. The van der Waals surface area contributed by atoms with Gasteiger partial charge in [0, 0.05) is 0 Å². The van der Waals surface area contributed by atoms with Crippen LogP contribution in [0.5, 0.6) is 0 Å². The van der Waals surface area contributed by atoms with E-state index >= 15 is 0 Å². The van der Waals surface area contributed by atoms with Gasteiger partial charge in [-0.2, -0.15) is 0 Å². The van der Waals surface area contributed by atoms with E-state index in [9.17, 15) is 4.79 Å². The Labute approximate surface area is 107 Å². The molecule has 0 unspecified atom stereocenters. The van der Waals surface area contributed by atoms with Crippen molar-refractivity contribution >= 4 is 22.8 Å². The highest BCUT2D eigenvalue weighted by Gasteiger charge is 2.41. The summed E-state index contributed by atoms with van der Waals surface area (Å²) in [6.45, 7) is 4.19. The van der Waals surface area contributed by atoms with Crippen LogP contribution in [-0.2, 0) is 4.79 Å². The summed E-state index contributed by atoms with van der Waals surface area (Å²) in [7, 11) is 0. The number of thioether (sulfide) groups is 1. The van der Waals surface area contributed by atoms with Crippen molar-refractivity contribution in [3.05, 3.63) is 0 Å². The largest absolute Gasteiger partial charge is 0.304 e. The van der Waals surface area contributed by atoms with Crippen molar-refractivity contribution in [3.63, 3.8) is 0 Å². The third-order valence-corrected chi connectivity index (χ3v) is 5.76. The number of hydrogen-bond acceptors (Lipinski definition) is 3. The van der Waals surface area contributed by atoms with E-state index in [1.54, 1.807) is 11.8 Å². The Balaban J connectivity index is 1.68. The second kappa shape index (κ2) is 4.30. The molecule has 4 atom stereocenters. The molecule has 0 aromatic heterocycles. The van der Waals surface area contributed by atoms with Gasteiger partial charge in [0.25, 0.3) is 0 Å². The van der Waals surface area contributed by atoms with Gasteiger partial charge in [-0.15, -0.1) is 0 Å². The molecule has 3 nitrogen and oxygen atoms in total. The number of carbonyl (C=O) groups is 1. The fraction of sp³-hybridized carbons (Fsp3) is 0.846. The van der Waals surface area contributed by atoms with Gasteiger partial charge < -0.3 is 5.32 Å². The number of carbonyl (C=O) groups excluding carboxylic acids is 1. The highest BCUT2D eigenvalue weighted by Crippen LogP contribution is 2.46. The zero-order valence-electron chi connectivity index (χ0n) is 10.5. The Morgan fingerprint density at radius 1 is 1.35 bits per heavy atom. The van der Waals surface area contributed by atoms with E-state index in [4.69, 9.17) is 4.99 Å². The van der Waals surface area contributed by atoms with Crippen LogP contribution in [-0.4, -0.2) is 22.4 Å². The van der Waals surface area contributed by atoms with Crippen LogP contribution in [0.15, 0.2) is 4.99 Å². The molecule has 0 spiro atoms. The lowest BCUT2D eigenvalue weighted by molar-refractivity contribution is -0.119. The van der Waals surface area contributed by atoms with Crippen LogP contribution >= 0.6 is 11.8 Å². The van der Waals surface area contributed by atoms with Crippen LogP contribution in [0.25, 0.3) is 0 Å². The molecule has 1 N–H and O–H groups in total. The highest BCUT2D eigenvalue weighted by molar-refractivity contribution is 8.15. The lowest BCUT2D eigenvalue weighted by Crippen LogP contribution is -2.28. The fourth-order valence-corrected chi connectivity index (χ4v) is 4.44. The van der Waals surface area contributed by atoms with Crippen molar-refractivity contribution in [1.82, 2.24) is 5.32 Å². The van der Waals surface area contributed by atoms with E-state index in [1.165, 1.54) is 25.7 Å². The van der Waals surface area contributed by atoms with Crippen LogP contribution in [0.4, 0.5) is 0 Å². The standard InChI is InChI=1S/C13H20N2OS/c1-7(2)11-12(16)15-13(17-11)14-10-6-8-3-4-9(10)5-8/h7-11H,3-6H2,1-2H3,(H,14,15,16)/t8-,9-,10-,11-/m1/s1. The van der Waals surface area contributed by atoms with Crippen LogP contribution < -0.4 is 5.32 Å². The van der Waals surface area contributed by atoms with Gasteiger partial charge in [0.15, 0.2) is 5.17 Å². The molecule has 0 radical (unpaired) electrons. The monoisotopic (exact) mass is 252 g/mol. The molecule has 1 aliphatic heterocycles. The van der Waals surface area contributed by atoms with Gasteiger partial charge in [0.05, 0.1) is 11.3 Å². The fourth-order valence-electron chi connectivity index (χ4n) is 3.40. The third-order valence-electron chi connectivity index (χ3n) is 4.32. The SMILES string of the molecule is CC(C)[C@H]1SC(=N[C@@H]2C[C@@H]3CC[C@@H]2C3)NC1=O. The minimum Gasteiger partial charge on any atom is -0.304 e. The number of amidine groups is 1. The molecule has 94 valence electrons. The molecular weight excluding hydrogens is 232 g/mol. The molecule has 3 fully saturated rings. The first kappa shape index (κ1) is 11.6. The maximum atomic E-state index is 11.7. The Hall–Kier alpha value is -0.510. The summed E-state index contributed by atoms with van der Waals surface area (Å²) in [6, 6.07) is 0.488. The summed E-state index contributed by atoms with van der Waals surface area (Å²) >= 11 is 1.63. The molecule has 1 saturated heterocycles. The molecular formula is C13H20N2OS. The van der Waals surface area contributed by atoms with Gasteiger partial charge >= 0.3 is 0 Å². The molecule has 1 amide bonds. The zero-order chi connectivity index (χ0) is 12.0. The van der Waals surface area contributed by atoms with Crippen LogP contribution in [0.2, 0.25) is 0 Å². The molecule has 2 saturated carbocycles. The second-order valence-corrected chi connectivity index (χ2v) is 7.08. The number of rotatable bonds is 2. The molecule has 3 aliphatic rings. The summed E-state index contributed by atoms with van der Waals surface area (Å²) in [6.07, 6.45) is 5.36. The molecule has 2 aliphatic carbocycles. The topological polar surface area (TPSA) is 41.5 Å². The summed E-state index contributed by atoms with van der Waals surface area (Å²) < 4.78 is 0. The Kier molecular flexibility index (Phi) is 2.93. The summed E-state index contributed by atoms with van der Waals surface area (Å²) in [4.78, 5) is 16.5. The summed E-state index contributed by atoms with van der Waals surface area (Å²) in [5.41, 5.74) is 0. The highest BCUT2D eigenvalue weighted by atomic mass is 32.2. The van der Waals surface area contributed by atoms with E-state index in [0.717, 1.165) is 17.0 Å². The number of amides is 1. The Morgan fingerprint density at radius 2 is 2.18 bits per heavy atom. The molecule has 1 heterocycles. The van der Waals surface area contributed by atoms with E-state index in [1.807, 2.05) is 0 Å². The molecule has 17 heavy (non-hydrogen) atoms. The minimum atomic E-state index is 0.0624. The number of nitrogens with zero attached hydrogens (tertiary/aromatic N) is 1. The van der Waals surface area contributed by atoms with Crippen LogP contribution in [0.3, 0.4) is 0 Å². The van der Waals surface area contributed by atoms with E-state index in [2.05, 4.69) is 19.2 Å². The first-order valence-corrected chi connectivity index (χ1v) is 7.56. The van der Waals surface area contributed by atoms with Crippen molar-refractivity contribution in [3.8, 4) is 0 Å². The molecule has 0 aromatic carbocycles. The normalized spacial score (nSPS) is 42.8. The number of hydrogen-bond donors (Lipinski definition) is 1. The molecule has 3 rings (SSSR count). The van der Waals surface area contributed by atoms with E-state index < -0.39 is 0 Å². The lowest BCUT2D eigenvalue weighted by Gasteiger charge is -2.17. The maximum absolute atomic E-state index is 11.7. The van der Waals surface area contributed by atoms with Crippen molar-refractivity contribution in [1.29, 1.82) is 0 Å². The molecule has 4 heteroatoms. The van der Waals surface area contributed by atoms with Crippen molar-refractivity contribution in [2.75, 3.05) is 0 Å². The lowest BCUT2D eigenvalue weighted by atomic mass is 9.96. The average molecular weight is 252 g/mol. The second-order valence-electron chi connectivity index (χ2n) is 5.95. The van der Waals surface area contributed by atoms with Crippen molar-refractivity contribution < 1.29 is 4.79 Å². The number of aliphatic imine (C=N–C) groups is 1. The summed E-state index contributed by atoms with van der Waals surface area (Å²) in [5, 5.41) is 3.89. The predicted octanol–water partition coefficient (Wildman–Crippen LogP) is 2.42. The van der Waals surface area contributed by atoms with Crippen LogP contribution in [0.1, 0.15) is 39.5 Å². The first-order valence-electron chi connectivity index (χ1n) is 6.69. The van der Waals surface area contributed by atoms with Gasteiger partial charge in [0.2, 0.25) is 5.91 Å². The zero-order valence-corrected chi connectivity index (χ0v) is 11.3. The molecule has 0 aromatic rings. The van der Waals surface area contributed by atoms with E-state index in [-0.39, 0.29) is 11.2 Å². The first-order chi connectivity index (χ1) is 8.13. The maximum Gasteiger partial charge on any atom is 0.239 e.